The SMILES string of the molecule is c1ccc(-c2ccc(C3=NC(c4ccccc4)NC(c4cccc5oc6cccc(-c7ccc(-c8ccccc8)c8ccc(-c9ccc(-c%10ccc(C%11=NC(c%12ccccc%12)NC(c%12cccc%13oc%14cccc(-c%15ccccc%15)c%14c%12%13)=N%11)cc%10)cc9)cc78)c6c45)N3)cc2)cc1. The van der Waals surface area contributed by atoms with Gasteiger partial charge in [0.2, 0.25) is 0 Å². The molecule has 2 aliphatic heterocycles. The molecule has 3 N–H and O–H groups in total. The predicted molar refractivity (Wildman–Crippen MR) is 394 cm³/mol. The van der Waals surface area contributed by atoms with Crippen LogP contribution in [-0.2, 0) is 0 Å². The molecule has 0 saturated carbocycles. The van der Waals surface area contributed by atoms with Gasteiger partial charge in [-0.2, -0.15) is 0 Å². The molecule has 8 heteroatoms. The van der Waals surface area contributed by atoms with Gasteiger partial charge in [0.05, 0.1) is 0 Å². The van der Waals surface area contributed by atoms with Crippen LogP contribution in [0.3, 0.4) is 0 Å². The largest absolute Gasteiger partial charge is 0.456 e. The van der Waals surface area contributed by atoms with Crippen LogP contribution >= 0.6 is 0 Å². The topological polar surface area (TPSA) is 99.5 Å². The van der Waals surface area contributed by atoms with Crippen molar-refractivity contribution in [1.29, 1.82) is 0 Å². The third-order valence-corrected chi connectivity index (χ3v) is 18.9. The highest BCUT2D eigenvalue weighted by Gasteiger charge is 2.30. The number of amidine groups is 3. The van der Waals surface area contributed by atoms with E-state index in [1.807, 2.05) is 30.3 Å². The lowest BCUT2D eigenvalue weighted by molar-refractivity contribution is 0.411. The van der Waals surface area contributed by atoms with Crippen LogP contribution in [0.2, 0.25) is 0 Å². The molecule has 4 heterocycles. The summed E-state index contributed by atoms with van der Waals surface area (Å²) < 4.78 is 13.5. The van der Waals surface area contributed by atoms with Crippen LogP contribution < -0.4 is 16.0 Å². The van der Waals surface area contributed by atoms with Gasteiger partial charge in [0.15, 0.2) is 5.84 Å². The second-order valence-corrected chi connectivity index (χ2v) is 24.6. The molecule has 0 bridgehead atoms. The smallest absolute Gasteiger partial charge is 0.159 e. The molecular weight excluding hydrogens is 1170 g/mol. The van der Waals surface area contributed by atoms with Gasteiger partial charge in [-0.25, -0.2) is 15.0 Å². The molecule has 0 saturated heterocycles. The lowest BCUT2D eigenvalue weighted by Gasteiger charge is -2.32. The molecule has 0 fully saturated rings. The molecule has 8 nitrogen and oxygen atoms in total. The van der Waals surface area contributed by atoms with E-state index in [0.717, 1.165) is 150 Å². The second kappa shape index (κ2) is 23.9. The fraction of sp³-hybridized carbons (Fsp3) is 0.0341. The van der Waals surface area contributed by atoms with Crippen LogP contribution in [0.1, 0.15) is 51.9 Å². The minimum Gasteiger partial charge on any atom is -0.456 e. The summed E-state index contributed by atoms with van der Waals surface area (Å²) in [5.41, 5.74) is 22.9. The Hall–Kier alpha value is -12.5. The number of benzene rings is 14. The van der Waals surface area contributed by atoms with Crippen LogP contribution in [-0.4, -0.2) is 17.5 Å². The van der Waals surface area contributed by atoms with Crippen molar-refractivity contribution < 1.29 is 8.83 Å². The first-order valence-electron chi connectivity index (χ1n) is 32.6. The summed E-state index contributed by atoms with van der Waals surface area (Å²) in [6.45, 7) is 0. The van der Waals surface area contributed by atoms with Gasteiger partial charge in [-0.3, -0.25) is 5.32 Å². The zero-order chi connectivity index (χ0) is 63.5. The molecule has 0 radical (unpaired) electrons. The molecule has 3 unspecified atom stereocenters. The van der Waals surface area contributed by atoms with Crippen molar-refractivity contribution in [3.05, 3.63) is 361 Å². The van der Waals surface area contributed by atoms with Crippen molar-refractivity contribution >= 4 is 72.2 Å². The van der Waals surface area contributed by atoms with E-state index in [1.165, 1.54) is 16.5 Å². The van der Waals surface area contributed by atoms with E-state index in [1.54, 1.807) is 0 Å². The van der Waals surface area contributed by atoms with E-state index in [4.69, 9.17) is 23.8 Å². The van der Waals surface area contributed by atoms with Crippen LogP contribution in [0.15, 0.2) is 351 Å². The van der Waals surface area contributed by atoms with E-state index in [2.05, 4.69) is 313 Å². The molecule has 0 amide bonds. The third kappa shape index (κ3) is 10.2. The Morgan fingerprint density at radius 3 is 1.30 bits per heavy atom. The van der Waals surface area contributed by atoms with Gasteiger partial charge in [0.25, 0.3) is 0 Å². The van der Waals surface area contributed by atoms with Gasteiger partial charge >= 0.3 is 0 Å². The van der Waals surface area contributed by atoms with E-state index in [-0.39, 0.29) is 18.5 Å². The second-order valence-electron chi connectivity index (χ2n) is 24.6. The zero-order valence-corrected chi connectivity index (χ0v) is 52.1. The molecule has 3 atom stereocenters. The summed E-state index contributed by atoms with van der Waals surface area (Å²) in [6, 6.07) is 116. The van der Waals surface area contributed by atoms with Gasteiger partial charge in [0, 0.05) is 43.8 Å². The minimum absolute atomic E-state index is 0.317. The molecule has 0 spiro atoms. The first kappa shape index (κ1) is 56.3. The van der Waals surface area contributed by atoms with Crippen molar-refractivity contribution in [2.45, 2.75) is 18.5 Å². The molecular formula is C88H60N6O2. The van der Waals surface area contributed by atoms with Gasteiger partial charge < -0.3 is 19.5 Å². The van der Waals surface area contributed by atoms with Crippen molar-refractivity contribution in [3.8, 4) is 66.8 Å². The van der Waals surface area contributed by atoms with Crippen LogP contribution in [0.4, 0.5) is 0 Å². The Morgan fingerprint density at radius 2 is 0.698 bits per heavy atom. The van der Waals surface area contributed by atoms with Gasteiger partial charge in [-0.1, -0.05) is 297 Å². The Morgan fingerprint density at radius 1 is 0.260 bits per heavy atom. The van der Waals surface area contributed by atoms with E-state index >= 15 is 0 Å². The Balaban J connectivity index is 0.694. The quantitative estimate of drug-likeness (QED) is 0.113. The highest BCUT2D eigenvalue weighted by atomic mass is 16.3. The first-order valence-corrected chi connectivity index (χ1v) is 32.6. The van der Waals surface area contributed by atoms with Gasteiger partial charge in [-0.15, -0.1) is 0 Å². The summed E-state index contributed by atoms with van der Waals surface area (Å²) in [5, 5.41) is 18.0. The number of nitrogens with one attached hydrogen (secondary N) is 3. The Kier molecular flexibility index (Phi) is 14.0. The number of fused-ring (bicyclic) bond motifs is 7. The highest BCUT2D eigenvalue weighted by Crippen LogP contribution is 2.46. The molecule has 454 valence electrons. The average molecular weight is 1230 g/mol. The summed E-state index contributed by atoms with van der Waals surface area (Å²) in [4.78, 5) is 15.9. The monoisotopic (exact) mass is 1230 g/mol. The number of hydrogen-bond acceptors (Lipinski definition) is 8. The highest BCUT2D eigenvalue weighted by molar-refractivity contribution is 6.24. The predicted octanol–water partition coefficient (Wildman–Crippen LogP) is 21.5. The molecule has 16 aromatic rings. The number of rotatable bonds is 12. The maximum Gasteiger partial charge on any atom is 0.159 e. The Bertz CT molecular complexity index is 5710. The van der Waals surface area contributed by atoms with Crippen molar-refractivity contribution in [3.63, 3.8) is 0 Å². The summed E-state index contributed by atoms with van der Waals surface area (Å²) in [7, 11) is 0. The first-order chi connectivity index (χ1) is 47.6. The lowest BCUT2D eigenvalue weighted by atomic mass is 9.88. The molecule has 18 rings (SSSR count). The van der Waals surface area contributed by atoms with Crippen molar-refractivity contribution in [1.82, 2.24) is 16.0 Å². The maximum absolute atomic E-state index is 6.88. The summed E-state index contributed by atoms with van der Waals surface area (Å²) in [6.07, 6.45) is -1.02. The lowest BCUT2D eigenvalue weighted by Crippen LogP contribution is -2.45. The van der Waals surface area contributed by atoms with E-state index in [0.29, 0.717) is 5.84 Å². The molecule has 14 aromatic carbocycles. The number of furan rings is 2. The molecule has 0 aliphatic carbocycles. The van der Waals surface area contributed by atoms with E-state index < -0.39 is 0 Å². The summed E-state index contributed by atoms with van der Waals surface area (Å²) in [5.74, 6) is 2.20. The number of nitrogens with zero attached hydrogens (tertiary/aromatic N) is 3. The van der Waals surface area contributed by atoms with Crippen molar-refractivity contribution in [2.24, 2.45) is 15.0 Å². The van der Waals surface area contributed by atoms with E-state index in [9.17, 15) is 0 Å². The van der Waals surface area contributed by atoms with Crippen LogP contribution in [0, 0.1) is 0 Å². The standard InChI is InChI=1S/C88H60N6O2/c1-6-20-55(21-7-1)56-42-46-64(47-43-56)85-90-84(63-28-14-5-15-29-63)92-88(94-85)73-33-19-37-78-82(73)80-71(31-17-35-76(80)96-78)70-53-52-67(60-22-8-2-9-23-60)69-51-50-66(54-74(69)70)59-40-38-57(39-41-59)58-44-48-65(49-45-58)86-89-83(62-26-12-4-13-27-62)91-87(93-86)72-32-18-36-77-81(72)79-68(30-16-34-75(79)95-77)61-24-10-3-11-25-61/h1-54,83-84,88,92H,(H,90,94)(H,89,91,93). The Labute approximate surface area is 555 Å². The van der Waals surface area contributed by atoms with Crippen molar-refractivity contribution in [2.75, 3.05) is 0 Å². The molecule has 2 aliphatic rings. The molecule has 96 heavy (non-hydrogen) atoms. The number of hydrogen-bond donors (Lipinski definition) is 3. The van der Waals surface area contributed by atoms with Crippen LogP contribution in [0.25, 0.3) is 121 Å². The zero-order valence-electron chi connectivity index (χ0n) is 52.1. The minimum atomic E-state index is -0.373. The van der Waals surface area contributed by atoms with Crippen LogP contribution in [0.5, 0.6) is 0 Å². The summed E-state index contributed by atoms with van der Waals surface area (Å²) >= 11 is 0. The third-order valence-electron chi connectivity index (χ3n) is 18.9. The van der Waals surface area contributed by atoms with Gasteiger partial charge in [-0.05, 0) is 119 Å². The van der Waals surface area contributed by atoms with Gasteiger partial charge in [0.1, 0.15) is 52.5 Å². The maximum atomic E-state index is 6.88. The normalized spacial score (nSPS) is 15.5. The number of aliphatic imine (C=N–C) groups is 3. The molecule has 2 aromatic heterocycles. The fourth-order valence-electron chi connectivity index (χ4n) is 14.2. The fourth-order valence-corrected chi connectivity index (χ4v) is 14.2. The average Bonchev–Trinajstić information content (AvgIpc) is 1.51.